The van der Waals surface area contributed by atoms with Crippen LogP contribution in [0, 0.1) is 5.82 Å². The first-order valence-corrected chi connectivity index (χ1v) is 11.9. The lowest BCUT2D eigenvalue weighted by atomic mass is 9.91. The number of aliphatic carboxylic acids is 1. The third-order valence-electron chi connectivity index (χ3n) is 5.99. The molecule has 1 amide bonds. The molecule has 0 unspecified atom stereocenters. The molecule has 1 aliphatic heterocycles. The van der Waals surface area contributed by atoms with Crippen molar-refractivity contribution in [3.8, 4) is 5.75 Å². The van der Waals surface area contributed by atoms with E-state index in [4.69, 9.17) is 33.0 Å². The Morgan fingerprint density at radius 2 is 1.86 bits per heavy atom. The summed E-state index contributed by atoms with van der Waals surface area (Å²) in [5.74, 6) is -1.08. The fourth-order valence-corrected chi connectivity index (χ4v) is 4.65. The fraction of sp³-hybridized carbons (Fsp3) is 0.259. The summed E-state index contributed by atoms with van der Waals surface area (Å²) in [6.45, 7) is 2.18. The standard InChI is InChI=1S/C27H24Cl2FNO4/c1-27(14-17-6-8-22(29)23(30)12-17)15-20-13-18(7-9-24(20)35-27)26(34)31(11-10-25(32)33)16-19-4-2-3-5-21(19)28/h2-9,12-13H,10-11,14-16H2,1H3,(H,32,33)/t27-/m0/s1. The molecule has 5 nitrogen and oxygen atoms in total. The molecule has 0 radical (unpaired) electrons. The van der Waals surface area contributed by atoms with Crippen LogP contribution in [0.2, 0.25) is 10.0 Å². The van der Waals surface area contributed by atoms with Gasteiger partial charge in [0.2, 0.25) is 0 Å². The van der Waals surface area contributed by atoms with Gasteiger partial charge in [-0.25, -0.2) is 4.39 Å². The summed E-state index contributed by atoms with van der Waals surface area (Å²) >= 11 is 12.1. The van der Waals surface area contributed by atoms with Crippen LogP contribution in [0.5, 0.6) is 5.75 Å². The number of halogens is 3. The Labute approximate surface area is 213 Å². The Balaban J connectivity index is 1.53. The van der Waals surface area contributed by atoms with Gasteiger partial charge >= 0.3 is 5.97 Å². The second kappa shape index (κ2) is 10.3. The molecule has 35 heavy (non-hydrogen) atoms. The topological polar surface area (TPSA) is 66.8 Å². The lowest BCUT2D eigenvalue weighted by Gasteiger charge is -2.24. The van der Waals surface area contributed by atoms with Crippen LogP contribution in [0.1, 0.15) is 40.4 Å². The zero-order chi connectivity index (χ0) is 25.2. The molecule has 0 bridgehead atoms. The van der Waals surface area contributed by atoms with E-state index in [9.17, 15) is 14.0 Å². The molecule has 4 rings (SSSR count). The van der Waals surface area contributed by atoms with Crippen LogP contribution in [-0.4, -0.2) is 34.0 Å². The number of carbonyl (C=O) groups is 2. The minimum atomic E-state index is -0.987. The quantitative estimate of drug-likeness (QED) is 0.388. The van der Waals surface area contributed by atoms with Crippen molar-refractivity contribution in [2.75, 3.05) is 6.54 Å². The molecule has 1 aliphatic rings. The lowest BCUT2D eigenvalue weighted by Crippen LogP contribution is -2.33. The molecule has 0 aliphatic carbocycles. The first-order chi connectivity index (χ1) is 16.6. The van der Waals surface area contributed by atoms with Gasteiger partial charge in [-0.1, -0.05) is 47.5 Å². The summed E-state index contributed by atoms with van der Waals surface area (Å²) in [6.07, 6.45) is 0.823. The number of nitrogens with zero attached hydrogens (tertiary/aromatic N) is 1. The van der Waals surface area contributed by atoms with Gasteiger partial charge in [0, 0.05) is 36.5 Å². The lowest BCUT2D eigenvalue weighted by molar-refractivity contribution is -0.137. The van der Waals surface area contributed by atoms with Gasteiger partial charge in [0.25, 0.3) is 5.91 Å². The summed E-state index contributed by atoms with van der Waals surface area (Å²) in [4.78, 5) is 26.1. The molecule has 8 heteroatoms. The third kappa shape index (κ3) is 5.95. The van der Waals surface area contributed by atoms with E-state index in [0.29, 0.717) is 29.2 Å². The zero-order valence-electron chi connectivity index (χ0n) is 19.1. The highest BCUT2D eigenvalue weighted by Crippen LogP contribution is 2.38. The highest BCUT2D eigenvalue weighted by molar-refractivity contribution is 6.31. The van der Waals surface area contributed by atoms with Gasteiger partial charge < -0.3 is 14.7 Å². The molecule has 182 valence electrons. The Morgan fingerprint density at radius 1 is 1.09 bits per heavy atom. The van der Waals surface area contributed by atoms with Gasteiger partial charge in [0.1, 0.15) is 17.2 Å². The third-order valence-corrected chi connectivity index (χ3v) is 6.67. The Morgan fingerprint density at radius 3 is 2.57 bits per heavy atom. The molecular weight excluding hydrogens is 492 g/mol. The minimum absolute atomic E-state index is 0.0484. The number of rotatable bonds is 8. The largest absolute Gasteiger partial charge is 0.487 e. The van der Waals surface area contributed by atoms with Crippen LogP contribution in [-0.2, 0) is 24.2 Å². The maximum atomic E-state index is 13.9. The molecule has 0 spiro atoms. The minimum Gasteiger partial charge on any atom is -0.487 e. The van der Waals surface area contributed by atoms with Gasteiger partial charge in [-0.2, -0.15) is 0 Å². The fourth-order valence-electron chi connectivity index (χ4n) is 4.33. The number of hydrogen-bond acceptors (Lipinski definition) is 3. The van der Waals surface area contributed by atoms with E-state index in [1.54, 1.807) is 36.4 Å². The van der Waals surface area contributed by atoms with Crippen LogP contribution < -0.4 is 4.74 Å². The number of benzene rings is 3. The number of carboxylic acids is 1. The highest BCUT2D eigenvalue weighted by Gasteiger charge is 2.36. The van der Waals surface area contributed by atoms with Crippen molar-refractivity contribution >= 4 is 35.1 Å². The summed E-state index contributed by atoms with van der Waals surface area (Å²) in [5, 5.41) is 9.74. The maximum Gasteiger partial charge on any atom is 0.305 e. The number of hydrogen-bond donors (Lipinski definition) is 1. The number of carboxylic acid groups (broad SMARTS) is 1. The first-order valence-electron chi connectivity index (χ1n) is 11.1. The zero-order valence-corrected chi connectivity index (χ0v) is 20.6. The van der Waals surface area contributed by atoms with Crippen molar-refractivity contribution in [2.24, 2.45) is 0 Å². The van der Waals surface area contributed by atoms with E-state index < -0.39 is 17.4 Å². The number of carbonyl (C=O) groups excluding carboxylic acids is 1. The van der Waals surface area contributed by atoms with Crippen molar-refractivity contribution in [3.63, 3.8) is 0 Å². The Bertz CT molecular complexity index is 1280. The van der Waals surface area contributed by atoms with Crippen LogP contribution in [0.4, 0.5) is 4.39 Å². The van der Waals surface area contributed by atoms with Gasteiger partial charge in [-0.3, -0.25) is 9.59 Å². The van der Waals surface area contributed by atoms with Gasteiger partial charge in [0.15, 0.2) is 0 Å². The molecule has 1 heterocycles. The first kappa shape index (κ1) is 25.0. The van der Waals surface area contributed by atoms with Crippen molar-refractivity contribution < 1.29 is 23.8 Å². The average molecular weight is 516 g/mol. The predicted octanol–water partition coefficient (Wildman–Crippen LogP) is 6.19. The second-order valence-electron chi connectivity index (χ2n) is 8.94. The molecular formula is C27H24Cl2FNO4. The highest BCUT2D eigenvalue weighted by atomic mass is 35.5. The van der Waals surface area contributed by atoms with E-state index in [1.165, 1.54) is 17.0 Å². The normalized spacial score (nSPS) is 16.5. The Hall–Kier alpha value is -3.09. The van der Waals surface area contributed by atoms with E-state index in [2.05, 4.69) is 0 Å². The van der Waals surface area contributed by atoms with Crippen molar-refractivity contribution in [2.45, 2.75) is 38.3 Å². The Kier molecular flexibility index (Phi) is 7.33. The van der Waals surface area contributed by atoms with Crippen molar-refractivity contribution in [3.05, 3.63) is 98.8 Å². The molecule has 0 aromatic heterocycles. The molecule has 3 aromatic carbocycles. The monoisotopic (exact) mass is 515 g/mol. The molecule has 3 aromatic rings. The molecule has 1 N–H and O–H groups in total. The van der Waals surface area contributed by atoms with E-state index in [1.807, 2.05) is 19.1 Å². The van der Waals surface area contributed by atoms with E-state index >= 15 is 0 Å². The number of ether oxygens (including phenoxy) is 1. The van der Waals surface area contributed by atoms with Gasteiger partial charge in [0.05, 0.1) is 11.4 Å². The molecule has 0 saturated carbocycles. The smallest absolute Gasteiger partial charge is 0.305 e. The number of amides is 1. The van der Waals surface area contributed by atoms with Crippen LogP contribution in [0.25, 0.3) is 0 Å². The van der Waals surface area contributed by atoms with Gasteiger partial charge in [-0.05, 0) is 60.0 Å². The molecule has 1 atom stereocenters. The average Bonchev–Trinajstić information content (AvgIpc) is 3.14. The van der Waals surface area contributed by atoms with Crippen LogP contribution >= 0.6 is 23.2 Å². The number of fused-ring (bicyclic) bond motifs is 1. The maximum absolute atomic E-state index is 13.9. The summed E-state index contributed by atoms with van der Waals surface area (Å²) < 4.78 is 20.1. The van der Waals surface area contributed by atoms with E-state index in [-0.39, 0.29) is 30.4 Å². The molecule has 0 fully saturated rings. The molecule has 0 saturated heterocycles. The summed E-state index contributed by atoms with van der Waals surface area (Å²) in [5.41, 5.74) is 2.19. The second-order valence-corrected chi connectivity index (χ2v) is 9.75. The van der Waals surface area contributed by atoms with Crippen molar-refractivity contribution in [1.29, 1.82) is 0 Å². The van der Waals surface area contributed by atoms with Crippen molar-refractivity contribution in [1.82, 2.24) is 4.90 Å². The van der Waals surface area contributed by atoms with Crippen LogP contribution in [0.15, 0.2) is 60.7 Å². The summed E-state index contributed by atoms with van der Waals surface area (Å²) in [7, 11) is 0. The summed E-state index contributed by atoms with van der Waals surface area (Å²) in [6, 6.07) is 17.1. The van der Waals surface area contributed by atoms with Gasteiger partial charge in [-0.15, -0.1) is 0 Å². The predicted molar refractivity (Wildman–Crippen MR) is 133 cm³/mol. The van der Waals surface area contributed by atoms with Crippen LogP contribution in [0.3, 0.4) is 0 Å². The van der Waals surface area contributed by atoms with E-state index in [0.717, 1.165) is 16.7 Å². The SMILES string of the molecule is C[C@]1(Cc2ccc(Cl)c(F)c2)Cc2cc(C(=O)N(CCC(=O)O)Cc3ccccc3Cl)ccc2O1.